The summed E-state index contributed by atoms with van der Waals surface area (Å²) in [5.41, 5.74) is 0.356. The fourth-order valence-electron chi connectivity index (χ4n) is 5.10. The predicted octanol–water partition coefficient (Wildman–Crippen LogP) is 6.08. The smallest absolute Gasteiger partial charge is 0.430 e. The van der Waals surface area contributed by atoms with Crippen LogP contribution < -0.4 is 5.32 Å². The van der Waals surface area contributed by atoms with E-state index in [0.717, 1.165) is 5.52 Å². The van der Waals surface area contributed by atoms with E-state index < -0.39 is 24.0 Å². The van der Waals surface area contributed by atoms with Crippen molar-refractivity contribution in [3.63, 3.8) is 0 Å². The number of nitrogens with zero attached hydrogens (tertiary/aromatic N) is 4. The van der Waals surface area contributed by atoms with E-state index in [-0.39, 0.29) is 35.0 Å². The number of benzene rings is 1. The molecule has 0 unspecified atom stereocenters. The highest BCUT2D eigenvalue weighted by atomic mass is 19.4. The van der Waals surface area contributed by atoms with Gasteiger partial charge < -0.3 is 14.4 Å². The van der Waals surface area contributed by atoms with Crippen LogP contribution in [0.2, 0.25) is 0 Å². The molecule has 1 saturated heterocycles. The summed E-state index contributed by atoms with van der Waals surface area (Å²) in [4.78, 5) is 30.1. The summed E-state index contributed by atoms with van der Waals surface area (Å²) < 4.78 is 53.9. The van der Waals surface area contributed by atoms with Crippen LogP contribution in [0, 0.1) is 5.92 Å². The normalized spacial score (nSPS) is 22.0. The molecule has 0 bridgehead atoms. The third-order valence-electron chi connectivity index (χ3n) is 6.69. The Kier molecular flexibility index (Phi) is 6.23. The second-order valence-electron chi connectivity index (χ2n) is 10.6. The van der Waals surface area contributed by atoms with Crippen molar-refractivity contribution in [2.24, 2.45) is 5.92 Å². The number of alkyl halides is 3. The number of rotatable bonds is 2. The first-order valence-electron chi connectivity index (χ1n) is 12.3. The molecule has 1 N–H and O–H groups in total. The summed E-state index contributed by atoms with van der Waals surface area (Å²) in [7, 11) is 0. The van der Waals surface area contributed by atoms with Crippen LogP contribution in [0.25, 0.3) is 22.2 Å². The van der Waals surface area contributed by atoms with Gasteiger partial charge in [0.25, 0.3) is 0 Å². The Labute approximate surface area is 216 Å². The first-order chi connectivity index (χ1) is 17.8. The van der Waals surface area contributed by atoms with Crippen molar-refractivity contribution in [3.8, 4) is 11.3 Å². The van der Waals surface area contributed by atoms with E-state index in [1.807, 2.05) is 44.5 Å². The second-order valence-corrected chi connectivity index (χ2v) is 10.6. The Balaban J connectivity index is 1.55. The molecule has 5 rings (SSSR count). The van der Waals surface area contributed by atoms with Crippen molar-refractivity contribution in [1.82, 2.24) is 19.7 Å². The largest absolute Gasteiger partial charge is 0.444 e. The number of cyclic esters (lactones) is 1. The predicted molar refractivity (Wildman–Crippen MR) is 132 cm³/mol. The minimum atomic E-state index is -4.84. The molecule has 38 heavy (non-hydrogen) atoms. The number of piperidine rings is 1. The van der Waals surface area contributed by atoms with Gasteiger partial charge in [-0.15, -0.1) is 0 Å². The number of amides is 2. The van der Waals surface area contributed by atoms with Crippen LogP contribution >= 0.6 is 0 Å². The standard InChI is InChI=1S/C26H28F3N5O4/c1-14-13-33(24(36)38-25(2,3)4)12-10-17(14)34-18-8-6-5-7-15(18)20(32-34)16-9-11-30-22-19(16)21(26(27,28)29)37-23(35)31-22/h5-9,11,14,17,21H,10,12-13H2,1-4H3,(H,30,31,35)/t14-,17+,21-/m1/s1. The van der Waals surface area contributed by atoms with Gasteiger partial charge in [0.1, 0.15) is 17.1 Å². The third kappa shape index (κ3) is 4.74. The van der Waals surface area contributed by atoms with E-state index in [1.54, 1.807) is 17.0 Å². The Morgan fingerprint density at radius 3 is 2.61 bits per heavy atom. The monoisotopic (exact) mass is 531 g/mol. The first kappa shape index (κ1) is 25.8. The molecule has 4 heterocycles. The van der Waals surface area contributed by atoms with E-state index in [9.17, 15) is 22.8 Å². The van der Waals surface area contributed by atoms with Crippen LogP contribution in [-0.4, -0.2) is 56.7 Å². The van der Waals surface area contributed by atoms with E-state index in [4.69, 9.17) is 9.84 Å². The van der Waals surface area contributed by atoms with Gasteiger partial charge in [-0.05, 0) is 45.2 Å². The summed E-state index contributed by atoms with van der Waals surface area (Å²) in [6, 6.07) is 8.64. The van der Waals surface area contributed by atoms with Gasteiger partial charge >= 0.3 is 18.4 Å². The number of carbonyl (C=O) groups is 2. The summed E-state index contributed by atoms with van der Waals surface area (Å²) >= 11 is 0. The van der Waals surface area contributed by atoms with Crippen molar-refractivity contribution < 1.29 is 32.2 Å². The average Bonchev–Trinajstić information content (AvgIpc) is 3.20. The summed E-state index contributed by atoms with van der Waals surface area (Å²) in [6.45, 7) is 8.36. The molecule has 0 aliphatic carbocycles. The van der Waals surface area contributed by atoms with Gasteiger partial charge in [0.15, 0.2) is 0 Å². The number of likely N-dealkylation sites (tertiary alicyclic amines) is 1. The number of hydrogen-bond donors (Lipinski definition) is 1. The minimum absolute atomic E-state index is 0.00988. The molecule has 9 nitrogen and oxygen atoms in total. The van der Waals surface area contributed by atoms with Crippen LogP contribution in [0.4, 0.5) is 28.6 Å². The topological polar surface area (TPSA) is 98.6 Å². The molecule has 0 radical (unpaired) electrons. The fraction of sp³-hybridized carbons (Fsp3) is 0.462. The molecule has 3 aromatic rings. The molecule has 3 atom stereocenters. The SMILES string of the molecule is C[C@@H]1CN(C(=O)OC(C)(C)C)CC[C@@H]1n1nc(-c2ccnc3c2[C@H](C(F)(F)F)OC(=O)N3)c2ccccc21. The number of carbonyl (C=O) groups excluding carboxylic acids is 2. The van der Waals surface area contributed by atoms with E-state index in [2.05, 4.69) is 15.0 Å². The van der Waals surface area contributed by atoms with Crippen molar-refractivity contribution >= 4 is 28.9 Å². The minimum Gasteiger partial charge on any atom is -0.444 e. The van der Waals surface area contributed by atoms with Gasteiger partial charge in [-0.1, -0.05) is 25.1 Å². The maximum absolute atomic E-state index is 14.0. The maximum atomic E-state index is 14.0. The summed E-state index contributed by atoms with van der Waals surface area (Å²) in [6.07, 6.45) is -6.99. The molecule has 2 aliphatic heterocycles. The zero-order chi connectivity index (χ0) is 27.4. The van der Waals surface area contributed by atoms with Crippen molar-refractivity contribution in [3.05, 3.63) is 42.1 Å². The zero-order valence-electron chi connectivity index (χ0n) is 21.4. The molecule has 1 fully saturated rings. The number of ether oxygens (including phenoxy) is 2. The Morgan fingerprint density at radius 1 is 1.18 bits per heavy atom. The number of hydrogen-bond acceptors (Lipinski definition) is 6. The number of nitrogens with one attached hydrogen (secondary N) is 1. The highest BCUT2D eigenvalue weighted by Gasteiger charge is 2.49. The van der Waals surface area contributed by atoms with E-state index >= 15 is 0 Å². The highest BCUT2D eigenvalue weighted by Crippen LogP contribution is 2.46. The Morgan fingerprint density at radius 2 is 1.92 bits per heavy atom. The molecule has 2 aliphatic rings. The number of para-hydroxylation sites is 1. The Bertz CT molecular complexity index is 1400. The van der Waals surface area contributed by atoms with Crippen molar-refractivity contribution in [2.75, 3.05) is 18.4 Å². The zero-order valence-corrected chi connectivity index (χ0v) is 21.4. The number of aromatic nitrogens is 3. The van der Waals surface area contributed by atoms with Gasteiger partial charge in [0, 0.05) is 30.2 Å². The fourth-order valence-corrected chi connectivity index (χ4v) is 5.10. The third-order valence-corrected chi connectivity index (χ3v) is 6.69. The maximum Gasteiger partial charge on any atom is 0.430 e. The average molecular weight is 532 g/mol. The van der Waals surface area contributed by atoms with Gasteiger partial charge in [0.2, 0.25) is 6.10 Å². The molecular weight excluding hydrogens is 503 g/mol. The van der Waals surface area contributed by atoms with Gasteiger partial charge in [0.05, 0.1) is 17.1 Å². The first-order valence-corrected chi connectivity index (χ1v) is 12.3. The molecular formula is C26H28F3N5O4. The summed E-state index contributed by atoms with van der Waals surface area (Å²) in [5.74, 6) is -0.219. The quantitative estimate of drug-likeness (QED) is 0.430. The van der Waals surface area contributed by atoms with E-state index in [1.165, 1.54) is 12.3 Å². The van der Waals surface area contributed by atoms with Crippen molar-refractivity contribution in [1.29, 1.82) is 0 Å². The lowest BCUT2D eigenvalue weighted by Gasteiger charge is -2.37. The van der Waals surface area contributed by atoms with Crippen LogP contribution in [0.3, 0.4) is 0 Å². The lowest BCUT2D eigenvalue weighted by Crippen LogP contribution is -2.45. The molecule has 202 valence electrons. The number of fused-ring (bicyclic) bond motifs is 2. The molecule has 0 spiro atoms. The van der Waals surface area contributed by atoms with Gasteiger partial charge in [-0.25, -0.2) is 14.6 Å². The number of pyridine rings is 1. The van der Waals surface area contributed by atoms with Crippen LogP contribution in [0.5, 0.6) is 0 Å². The number of anilines is 1. The molecule has 12 heteroatoms. The second kappa shape index (κ2) is 9.17. The van der Waals surface area contributed by atoms with Crippen LogP contribution in [0.15, 0.2) is 36.5 Å². The lowest BCUT2D eigenvalue weighted by atomic mass is 9.94. The van der Waals surface area contributed by atoms with Crippen molar-refractivity contribution in [2.45, 2.75) is 58.0 Å². The van der Waals surface area contributed by atoms with E-state index in [0.29, 0.717) is 30.6 Å². The molecule has 0 saturated carbocycles. The lowest BCUT2D eigenvalue weighted by molar-refractivity contribution is -0.206. The van der Waals surface area contributed by atoms with Gasteiger partial charge in [-0.3, -0.25) is 10.00 Å². The van der Waals surface area contributed by atoms with Crippen LogP contribution in [0.1, 0.15) is 51.8 Å². The highest BCUT2D eigenvalue weighted by molar-refractivity contribution is 5.97. The molecule has 2 aromatic heterocycles. The van der Waals surface area contributed by atoms with Gasteiger partial charge in [-0.2, -0.15) is 18.3 Å². The van der Waals surface area contributed by atoms with Crippen LogP contribution in [-0.2, 0) is 9.47 Å². The molecule has 1 aromatic carbocycles. The Hall–Kier alpha value is -3.83. The number of halogens is 3. The molecule has 2 amide bonds. The summed E-state index contributed by atoms with van der Waals surface area (Å²) in [5, 5.41) is 7.75.